The molecule has 0 aromatic heterocycles. The van der Waals surface area contributed by atoms with Crippen LogP contribution in [0.15, 0.2) is 0 Å². The summed E-state index contributed by atoms with van der Waals surface area (Å²) in [6, 6.07) is 0.280. The molecule has 1 aliphatic heterocycles. The van der Waals surface area contributed by atoms with Crippen LogP contribution in [-0.4, -0.2) is 43.5 Å². The lowest BCUT2D eigenvalue weighted by Gasteiger charge is -2.39. The molecule has 0 amide bonds. The first-order valence-corrected chi connectivity index (χ1v) is 5.38. The highest BCUT2D eigenvalue weighted by Gasteiger charge is 2.27. The highest BCUT2D eigenvalue weighted by Crippen LogP contribution is 2.17. The first-order chi connectivity index (χ1) is 6.65. The molecule has 4 heteroatoms. The molecule has 14 heavy (non-hydrogen) atoms. The van der Waals surface area contributed by atoms with E-state index in [1.807, 2.05) is 4.90 Å². The molecule has 2 unspecified atom stereocenters. The molecular formula is C10H20F2N2. The van der Waals surface area contributed by atoms with Crippen LogP contribution in [0.5, 0.6) is 0 Å². The summed E-state index contributed by atoms with van der Waals surface area (Å²) >= 11 is 0. The third kappa shape index (κ3) is 3.17. The summed E-state index contributed by atoms with van der Waals surface area (Å²) in [5, 5.41) is 3.27. The van der Waals surface area contributed by atoms with Crippen LogP contribution in [-0.2, 0) is 0 Å². The van der Waals surface area contributed by atoms with Gasteiger partial charge < -0.3 is 5.32 Å². The number of nitrogens with one attached hydrogen (secondary N) is 1. The van der Waals surface area contributed by atoms with Crippen molar-refractivity contribution in [2.45, 2.75) is 32.7 Å². The molecule has 1 rings (SSSR count). The van der Waals surface area contributed by atoms with Gasteiger partial charge in [-0.25, -0.2) is 8.78 Å². The van der Waals surface area contributed by atoms with Gasteiger partial charge in [0, 0.05) is 25.7 Å². The van der Waals surface area contributed by atoms with Crippen molar-refractivity contribution in [3.05, 3.63) is 0 Å². The van der Waals surface area contributed by atoms with Crippen molar-refractivity contribution in [1.82, 2.24) is 10.2 Å². The number of hydrogen-bond acceptors (Lipinski definition) is 2. The van der Waals surface area contributed by atoms with Gasteiger partial charge in [-0.3, -0.25) is 4.90 Å². The second-order valence-corrected chi connectivity index (χ2v) is 4.04. The average Bonchev–Trinajstić information content (AvgIpc) is 2.16. The molecule has 0 bridgehead atoms. The molecule has 0 aromatic carbocycles. The van der Waals surface area contributed by atoms with E-state index in [9.17, 15) is 8.78 Å². The topological polar surface area (TPSA) is 15.3 Å². The normalized spacial score (nSPS) is 26.8. The minimum Gasteiger partial charge on any atom is -0.314 e. The van der Waals surface area contributed by atoms with Crippen LogP contribution in [0.1, 0.15) is 20.3 Å². The molecule has 2 atom stereocenters. The first kappa shape index (κ1) is 11.9. The van der Waals surface area contributed by atoms with E-state index < -0.39 is 6.43 Å². The van der Waals surface area contributed by atoms with Crippen LogP contribution < -0.4 is 5.32 Å². The first-order valence-electron chi connectivity index (χ1n) is 5.38. The van der Waals surface area contributed by atoms with E-state index in [4.69, 9.17) is 0 Å². The van der Waals surface area contributed by atoms with Gasteiger partial charge in [-0.1, -0.05) is 20.3 Å². The summed E-state index contributed by atoms with van der Waals surface area (Å²) in [5.74, 6) is 0.488. The van der Waals surface area contributed by atoms with Crippen molar-refractivity contribution in [2.75, 3.05) is 26.2 Å². The Balaban J connectivity index is 2.49. The van der Waals surface area contributed by atoms with Crippen molar-refractivity contribution >= 4 is 0 Å². The van der Waals surface area contributed by atoms with Gasteiger partial charge in [0.1, 0.15) is 0 Å². The van der Waals surface area contributed by atoms with E-state index in [0.29, 0.717) is 5.92 Å². The van der Waals surface area contributed by atoms with Gasteiger partial charge in [-0.05, 0) is 5.92 Å². The van der Waals surface area contributed by atoms with E-state index in [-0.39, 0.29) is 12.6 Å². The Labute approximate surface area is 84.7 Å². The van der Waals surface area contributed by atoms with Crippen molar-refractivity contribution in [3.63, 3.8) is 0 Å². The van der Waals surface area contributed by atoms with Crippen molar-refractivity contribution in [1.29, 1.82) is 0 Å². The van der Waals surface area contributed by atoms with Gasteiger partial charge in [0.05, 0.1) is 6.54 Å². The Morgan fingerprint density at radius 3 is 2.79 bits per heavy atom. The highest BCUT2D eigenvalue weighted by atomic mass is 19.3. The predicted octanol–water partition coefficient (Wildman–Crippen LogP) is 1.57. The zero-order chi connectivity index (χ0) is 10.6. The number of nitrogens with zero attached hydrogens (tertiary/aromatic N) is 1. The molecule has 0 saturated carbocycles. The Bertz CT molecular complexity index is 164. The minimum atomic E-state index is -2.21. The summed E-state index contributed by atoms with van der Waals surface area (Å²) in [5.41, 5.74) is 0. The summed E-state index contributed by atoms with van der Waals surface area (Å²) in [7, 11) is 0. The summed E-state index contributed by atoms with van der Waals surface area (Å²) in [6.07, 6.45) is -1.16. The van der Waals surface area contributed by atoms with Gasteiger partial charge in [0.25, 0.3) is 6.43 Å². The van der Waals surface area contributed by atoms with E-state index in [1.54, 1.807) is 0 Å². The van der Waals surface area contributed by atoms with Gasteiger partial charge in [0.2, 0.25) is 0 Å². The Hall–Kier alpha value is -0.220. The molecule has 0 aromatic rings. The molecule has 2 nitrogen and oxygen atoms in total. The molecule has 0 spiro atoms. The largest absolute Gasteiger partial charge is 0.314 e. The van der Waals surface area contributed by atoms with Crippen LogP contribution >= 0.6 is 0 Å². The smallest absolute Gasteiger partial charge is 0.251 e. The standard InChI is InChI=1S/C10H20F2N2/c1-3-8(2)9-6-13-4-5-14(9)7-10(11)12/h8-10,13H,3-7H2,1-2H3. The second kappa shape index (κ2) is 5.61. The van der Waals surface area contributed by atoms with Crippen LogP contribution in [0.3, 0.4) is 0 Å². The molecule has 0 radical (unpaired) electrons. The monoisotopic (exact) mass is 206 g/mol. The van der Waals surface area contributed by atoms with Crippen molar-refractivity contribution in [2.24, 2.45) is 5.92 Å². The van der Waals surface area contributed by atoms with Gasteiger partial charge in [-0.2, -0.15) is 0 Å². The van der Waals surface area contributed by atoms with Gasteiger partial charge in [-0.15, -0.1) is 0 Å². The molecule has 1 saturated heterocycles. The summed E-state index contributed by atoms with van der Waals surface area (Å²) in [6.45, 7) is 6.60. The molecule has 1 heterocycles. The Morgan fingerprint density at radius 1 is 1.50 bits per heavy atom. The molecule has 84 valence electrons. The Morgan fingerprint density at radius 2 is 2.21 bits per heavy atom. The lowest BCUT2D eigenvalue weighted by molar-refractivity contribution is 0.0375. The second-order valence-electron chi connectivity index (χ2n) is 4.04. The van der Waals surface area contributed by atoms with Gasteiger partial charge in [0.15, 0.2) is 0 Å². The number of hydrogen-bond donors (Lipinski definition) is 1. The zero-order valence-corrected chi connectivity index (χ0v) is 8.97. The van der Waals surface area contributed by atoms with E-state index in [1.165, 1.54) is 0 Å². The Kier molecular flexibility index (Phi) is 4.75. The number of rotatable bonds is 4. The maximum Gasteiger partial charge on any atom is 0.251 e. The number of alkyl halides is 2. The maximum absolute atomic E-state index is 12.3. The fourth-order valence-electron chi connectivity index (χ4n) is 2.00. The van der Waals surface area contributed by atoms with E-state index in [0.717, 1.165) is 26.1 Å². The third-order valence-electron chi connectivity index (χ3n) is 3.07. The molecule has 0 aliphatic carbocycles. The van der Waals surface area contributed by atoms with E-state index >= 15 is 0 Å². The van der Waals surface area contributed by atoms with Crippen LogP contribution in [0, 0.1) is 5.92 Å². The predicted molar refractivity (Wildman–Crippen MR) is 53.7 cm³/mol. The van der Waals surface area contributed by atoms with Gasteiger partial charge >= 0.3 is 0 Å². The molecular weight excluding hydrogens is 186 g/mol. The van der Waals surface area contributed by atoms with Crippen LogP contribution in [0.25, 0.3) is 0 Å². The maximum atomic E-state index is 12.3. The summed E-state index contributed by atoms with van der Waals surface area (Å²) in [4.78, 5) is 1.93. The lowest BCUT2D eigenvalue weighted by Crippen LogP contribution is -2.55. The number of piperazine rings is 1. The summed E-state index contributed by atoms with van der Waals surface area (Å²) < 4.78 is 24.6. The minimum absolute atomic E-state index is 0.0727. The van der Waals surface area contributed by atoms with E-state index in [2.05, 4.69) is 19.2 Å². The lowest BCUT2D eigenvalue weighted by atomic mass is 9.96. The molecule has 1 N–H and O–H groups in total. The fraction of sp³-hybridized carbons (Fsp3) is 1.00. The number of halogens is 2. The SMILES string of the molecule is CCC(C)C1CNCCN1CC(F)F. The highest BCUT2D eigenvalue weighted by molar-refractivity contribution is 4.83. The van der Waals surface area contributed by atoms with Crippen LogP contribution in [0.4, 0.5) is 8.78 Å². The zero-order valence-electron chi connectivity index (χ0n) is 8.97. The quantitative estimate of drug-likeness (QED) is 0.751. The third-order valence-corrected chi connectivity index (χ3v) is 3.07. The van der Waals surface area contributed by atoms with Crippen molar-refractivity contribution < 1.29 is 8.78 Å². The van der Waals surface area contributed by atoms with Crippen LogP contribution in [0.2, 0.25) is 0 Å². The molecule has 1 fully saturated rings. The fourth-order valence-corrected chi connectivity index (χ4v) is 2.00. The van der Waals surface area contributed by atoms with Crippen molar-refractivity contribution in [3.8, 4) is 0 Å². The molecule has 1 aliphatic rings. The average molecular weight is 206 g/mol.